The van der Waals surface area contributed by atoms with Crippen molar-refractivity contribution in [3.63, 3.8) is 0 Å². The van der Waals surface area contributed by atoms with E-state index in [4.69, 9.17) is 0 Å². The monoisotopic (exact) mass is 363 g/mol. The highest BCUT2D eigenvalue weighted by Crippen LogP contribution is 2.25. The van der Waals surface area contributed by atoms with E-state index in [-0.39, 0.29) is 12.5 Å². The minimum atomic E-state index is -4.21. The van der Waals surface area contributed by atoms with Crippen molar-refractivity contribution in [2.24, 2.45) is 4.99 Å². The summed E-state index contributed by atoms with van der Waals surface area (Å²) >= 11 is 0. The molecule has 2 aliphatic heterocycles. The standard InChI is InChI=1S/C16H28F3N5O/c1-3-20-15(21-12-14(25)23-6-4-5-7-23)24-10-8-22(9-11-24)13(2)16(17,18)19/h13H,3-12H2,1-2H3,(H,20,21). The van der Waals surface area contributed by atoms with Crippen LogP contribution in [0, 0.1) is 0 Å². The van der Waals surface area contributed by atoms with Gasteiger partial charge in [-0.2, -0.15) is 13.2 Å². The summed E-state index contributed by atoms with van der Waals surface area (Å²) < 4.78 is 38.5. The second-order valence-electron chi connectivity index (χ2n) is 6.50. The van der Waals surface area contributed by atoms with Crippen LogP contribution in [-0.2, 0) is 4.79 Å². The van der Waals surface area contributed by atoms with Crippen LogP contribution in [0.5, 0.6) is 0 Å². The molecule has 9 heteroatoms. The van der Waals surface area contributed by atoms with Gasteiger partial charge in [0.05, 0.1) is 0 Å². The predicted octanol–water partition coefficient (Wildman–Crippen LogP) is 1.14. The van der Waals surface area contributed by atoms with Crippen LogP contribution in [0.1, 0.15) is 26.7 Å². The summed E-state index contributed by atoms with van der Waals surface area (Å²) in [6.45, 7) is 7.02. The number of alkyl halides is 3. The van der Waals surface area contributed by atoms with Gasteiger partial charge in [0.1, 0.15) is 12.6 Å². The summed E-state index contributed by atoms with van der Waals surface area (Å²) in [5.74, 6) is 0.617. The van der Waals surface area contributed by atoms with Gasteiger partial charge >= 0.3 is 6.18 Å². The van der Waals surface area contributed by atoms with Crippen molar-refractivity contribution >= 4 is 11.9 Å². The Balaban J connectivity index is 1.90. The summed E-state index contributed by atoms with van der Waals surface area (Å²) in [5, 5.41) is 3.14. The Labute approximate surface area is 147 Å². The second-order valence-corrected chi connectivity index (χ2v) is 6.50. The largest absolute Gasteiger partial charge is 0.403 e. The summed E-state index contributed by atoms with van der Waals surface area (Å²) in [4.78, 5) is 21.7. The molecule has 25 heavy (non-hydrogen) atoms. The molecule has 0 aromatic carbocycles. The van der Waals surface area contributed by atoms with Crippen LogP contribution in [0.2, 0.25) is 0 Å². The van der Waals surface area contributed by atoms with Crippen LogP contribution in [0.15, 0.2) is 4.99 Å². The Kier molecular flexibility index (Phi) is 6.92. The van der Waals surface area contributed by atoms with Crippen LogP contribution in [0.25, 0.3) is 0 Å². The molecule has 144 valence electrons. The van der Waals surface area contributed by atoms with Gasteiger partial charge in [0, 0.05) is 45.8 Å². The van der Waals surface area contributed by atoms with E-state index < -0.39 is 12.2 Å². The predicted molar refractivity (Wildman–Crippen MR) is 90.5 cm³/mol. The van der Waals surface area contributed by atoms with Crippen molar-refractivity contribution in [3.05, 3.63) is 0 Å². The molecule has 2 heterocycles. The number of hydrogen-bond donors (Lipinski definition) is 1. The highest BCUT2D eigenvalue weighted by atomic mass is 19.4. The number of nitrogens with one attached hydrogen (secondary N) is 1. The number of halogens is 3. The molecule has 1 N–H and O–H groups in total. The normalized spacial score (nSPS) is 21.6. The molecule has 0 radical (unpaired) electrons. The molecule has 2 aliphatic rings. The lowest BCUT2D eigenvalue weighted by Crippen LogP contribution is -2.56. The van der Waals surface area contributed by atoms with Crippen molar-refractivity contribution in [3.8, 4) is 0 Å². The van der Waals surface area contributed by atoms with Crippen LogP contribution in [-0.4, -0.2) is 91.1 Å². The van der Waals surface area contributed by atoms with E-state index in [0.29, 0.717) is 38.7 Å². The van der Waals surface area contributed by atoms with Crippen molar-refractivity contribution in [1.82, 2.24) is 20.0 Å². The van der Waals surface area contributed by atoms with Gasteiger partial charge in [0.2, 0.25) is 5.91 Å². The molecule has 1 atom stereocenters. The molecule has 0 aromatic heterocycles. The fraction of sp³-hybridized carbons (Fsp3) is 0.875. The zero-order chi connectivity index (χ0) is 18.4. The molecular formula is C16H28F3N5O. The third kappa shape index (κ3) is 5.49. The fourth-order valence-corrected chi connectivity index (χ4v) is 3.16. The number of nitrogens with zero attached hydrogens (tertiary/aromatic N) is 4. The van der Waals surface area contributed by atoms with E-state index in [1.165, 1.54) is 11.8 Å². The van der Waals surface area contributed by atoms with Crippen LogP contribution >= 0.6 is 0 Å². The average molecular weight is 363 g/mol. The molecule has 0 saturated carbocycles. The number of carbonyl (C=O) groups is 1. The fourth-order valence-electron chi connectivity index (χ4n) is 3.16. The van der Waals surface area contributed by atoms with E-state index in [9.17, 15) is 18.0 Å². The van der Waals surface area contributed by atoms with E-state index in [1.807, 2.05) is 16.7 Å². The number of carbonyl (C=O) groups excluding carboxylic acids is 1. The smallest absolute Gasteiger partial charge is 0.357 e. The lowest BCUT2D eigenvalue weighted by atomic mass is 10.2. The van der Waals surface area contributed by atoms with Crippen molar-refractivity contribution in [2.45, 2.75) is 38.9 Å². The molecule has 0 aromatic rings. The summed E-state index contributed by atoms with van der Waals surface area (Å²) in [6.07, 6.45) is -2.13. The molecular weight excluding hydrogens is 335 g/mol. The number of aliphatic imine (C=N–C) groups is 1. The van der Waals surface area contributed by atoms with Crippen molar-refractivity contribution < 1.29 is 18.0 Å². The van der Waals surface area contributed by atoms with E-state index >= 15 is 0 Å². The van der Waals surface area contributed by atoms with Crippen LogP contribution in [0.3, 0.4) is 0 Å². The van der Waals surface area contributed by atoms with Crippen molar-refractivity contribution in [2.75, 3.05) is 52.4 Å². The van der Waals surface area contributed by atoms with Gasteiger partial charge in [-0.25, -0.2) is 4.99 Å². The first-order valence-corrected chi connectivity index (χ1v) is 8.94. The third-order valence-corrected chi connectivity index (χ3v) is 4.79. The molecule has 0 spiro atoms. The Morgan fingerprint density at radius 2 is 1.68 bits per heavy atom. The molecule has 2 saturated heterocycles. The maximum Gasteiger partial charge on any atom is 0.403 e. The average Bonchev–Trinajstić information content (AvgIpc) is 3.11. The zero-order valence-corrected chi connectivity index (χ0v) is 15.0. The lowest BCUT2D eigenvalue weighted by Gasteiger charge is -2.39. The van der Waals surface area contributed by atoms with E-state index in [2.05, 4.69) is 10.3 Å². The highest BCUT2D eigenvalue weighted by molar-refractivity contribution is 5.85. The molecule has 2 fully saturated rings. The number of piperazine rings is 1. The second kappa shape index (κ2) is 8.73. The Bertz CT molecular complexity index is 469. The molecule has 1 unspecified atom stereocenters. The Hall–Kier alpha value is -1.51. The van der Waals surface area contributed by atoms with E-state index in [1.54, 1.807) is 0 Å². The Morgan fingerprint density at radius 1 is 1.08 bits per heavy atom. The SMILES string of the molecule is CCNC(=NCC(=O)N1CCCC1)N1CCN(C(C)C(F)(F)F)CC1. The first kappa shape index (κ1) is 19.8. The van der Waals surface area contributed by atoms with Crippen LogP contribution in [0.4, 0.5) is 13.2 Å². The number of guanidine groups is 1. The number of rotatable bonds is 4. The van der Waals surface area contributed by atoms with Crippen LogP contribution < -0.4 is 5.32 Å². The Morgan fingerprint density at radius 3 is 2.20 bits per heavy atom. The van der Waals surface area contributed by atoms with Gasteiger partial charge in [-0.1, -0.05) is 0 Å². The van der Waals surface area contributed by atoms with Gasteiger partial charge in [0.15, 0.2) is 5.96 Å². The van der Waals surface area contributed by atoms with Gasteiger partial charge in [-0.05, 0) is 26.7 Å². The first-order valence-electron chi connectivity index (χ1n) is 8.94. The topological polar surface area (TPSA) is 51.2 Å². The molecule has 0 bridgehead atoms. The molecule has 6 nitrogen and oxygen atoms in total. The number of amides is 1. The summed E-state index contributed by atoms with van der Waals surface area (Å²) in [5.41, 5.74) is 0. The van der Waals surface area contributed by atoms with Gasteiger partial charge in [0.25, 0.3) is 0 Å². The van der Waals surface area contributed by atoms with Gasteiger partial charge < -0.3 is 15.1 Å². The lowest BCUT2D eigenvalue weighted by molar-refractivity contribution is -0.181. The summed E-state index contributed by atoms with van der Waals surface area (Å²) in [6, 6.07) is -1.44. The maximum atomic E-state index is 12.8. The molecule has 0 aliphatic carbocycles. The third-order valence-electron chi connectivity index (χ3n) is 4.79. The zero-order valence-electron chi connectivity index (χ0n) is 15.0. The molecule has 1 amide bonds. The maximum absolute atomic E-state index is 12.8. The molecule has 2 rings (SSSR count). The van der Waals surface area contributed by atoms with Gasteiger partial charge in [-0.15, -0.1) is 0 Å². The number of likely N-dealkylation sites (tertiary alicyclic amines) is 1. The quantitative estimate of drug-likeness (QED) is 0.601. The number of hydrogen-bond acceptors (Lipinski definition) is 3. The van der Waals surface area contributed by atoms with Gasteiger partial charge in [-0.3, -0.25) is 9.69 Å². The van der Waals surface area contributed by atoms with Crippen molar-refractivity contribution in [1.29, 1.82) is 0 Å². The van der Waals surface area contributed by atoms with E-state index in [0.717, 1.165) is 25.9 Å². The first-order chi connectivity index (χ1) is 11.8. The highest BCUT2D eigenvalue weighted by Gasteiger charge is 2.41. The minimum absolute atomic E-state index is 0.0113. The minimum Gasteiger partial charge on any atom is -0.357 e. The summed E-state index contributed by atoms with van der Waals surface area (Å²) in [7, 11) is 0.